The monoisotopic (exact) mass is 244 g/mol. The van der Waals surface area contributed by atoms with Gasteiger partial charge in [0.15, 0.2) is 0 Å². The molecule has 0 fully saturated rings. The number of hydrogen-bond donors (Lipinski definition) is 1. The van der Waals surface area contributed by atoms with Crippen LogP contribution < -0.4 is 5.73 Å². The highest BCUT2D eigenvalue weighted by Gasteiger charge is 2.22. The van der Waals surface area contributed by atoms with Crippen LogP contribution in [0.15, 0.2) is 48.8 Å². The Labute approximate surface area is 107 Å². The zero-order chi connectivity index (χ0) is 13.0. The Kier molecular flexibility index (Phi) is 4.05. The van der Waals surface area contributed by atoms with Crippen LogP contribution in [0, 0.1) is 5.82 Å². The van der Waals surface area contributed by atoms with E-state index >= 15 is 0 Å². The summed E-state index contributed by atoms with van der Waals surface area (Å²) in [6.07, 6.45) is 3.66. The standard InChI is InChI=1S/C15H17FN2/c1-2-12(11-6-4-3-5-7-11)15(17)13-8-9-18-10-14(13)16/h3-10,12,15H,2,17H2,1H3. The lowest BCUT2D eigenvalue weighted by Gasteiger charge is -2.23. The molecule has 94 valence electrons. The first kappa shape index (κ1) is 12.7. The van der Waals surface area contributed by atoms with Crippen molar-refractivity contribution in [2.75, 3.05) is 0 Å². The lowest BCUT2D eigenvalue weighted by molar-refractivity contribution is 0.503. The molecule has 0 aliphatic carbocycles. The van der Waals surface area contributed by atoms with Crippen LogP contribution in [0.2, 0.25) is 0 Å². The van der Waals surface area contributed by atoms with Crippen molar-refractivity contribution >= 4 is 0 Å². The average Bonchev–Trinajstić information content (AvgIpc) is 2.41. The lowest BCUT2D eigenvalue weighted by Crippen LogP contribution is -2.20. The smallest absolute Gasteiger partial charge is 0.146 e. The van der Waals surface area contributed by atoms with Crippen LogP contribution in [-0.2, 0) is 0 Å². The molecule has 2 atom stereocenters. The number of aromatic nitrogens is 1. The highest BCUT2D eigenvalue weighted by Crippen LogP contribution is 2.32. The highest BCUT2D eigenvalue weighted by atomic mass is 19.1. The van der Waals surface area contributed by atoms with Crippen molar-refractivity contribution in [1.29, 1.82) is 0 Å². The molecule has 0 aliphatic heterocycles. The minimum Gasteiger partial charge on any atom is -0.323 e. The van der Waals surface area contributed by atoms with Crippen LogP contribution in [0.4, 0.5) is 4.39 Å². The number of benzene rings is 1. The molecule has 2 N–H and O–H groups in total. The fraction of sp³-hybridized carbons (Fsp3) is 0.267. The van der Waals surface area contributed by atoms with Crippen molar-refractivity contribution in [2.24, 2.45) is 5.73 Å². The first-order valence-corrected chi connectivity index (χ1v) is 6.14. The Morgan fingerprint density at radius 3 is 2.56 bits per heavy atom. The van der Waals surface area contributed by atoms with Crippen molar-refractivity contribution in [3.8, 4) is 0 Å². The summed E-state index contributed by atoms with van der Waals surface area (Å²) in [6, 6.07) is 11.3. The lowest BCUT2D eigenvalue weighted by atomic mass is 9.86. The van der Waals surface area contributed by atoms with Gasteiger partial charge in [0, 0.05) is 23.7 Å². The first-order chi connectivity index (χ1) is 8.74. The number of nitrogens with two attached hydrogens (primary N) is 1. The number of halogens is 1. The van der Waals surface area contributed by atoms with Crippen molar-refractivity contribution in [1.82, 2.24) is 4.98 Å². The number of nitrogens with zero attached hydrogens (tertiary/aromatic N) is 1. The van der Waals surface area contributed by atoms with Gasteiger partial charge >= 0.3 is 0 Å². The molecule has 1 heterocycles. The molecule has 1 aromatic carbocycles. The van der Waals surface area contributed by atoms with E-state index in [-0.39, 0.29) is 17.8 Å². The van der Waals surface area contributed by atoms with Gasteiger partial charge in [-0.25, -0.2) is 4.39 Å². The summed E-state index contributed by atoms with van der Waals surface area (Å²) in [6.45, 7) is 2.07. The molecule has 3 heteroatoms. The molecule has 0 amide bonds. The van der Waals surface area contributed by atoms with Crippen LogP contribution in [0.3, 0.4) is 0 Å². The second-order valence-electron chi connectivity index (χ2n) is 4.35. The van der Waals surface area contributed by atoms with Crippen LogP contribution >= 0.6 is 0 Å². The maximum atomic E-state index is 13.7. The van der Waals surface area contributed by atoms with Gasteiger partial charge < -0.3 is 5.73 Å². The molecule has 18 heavy (non-hydrogen) atoms. The highest BCUT2D eigenvalue weighted by molar-refractivity contribution is 5.27. The van der Waals surface area contributed by atoms with Gasteiger partial charge in [-0.2, -0.15) is 0 Å². The van der Waals surface area contributed by atoms with Crippen LogP contribution in [0.5, 0.6) is 0 Å². The molecule has 0 saturated carbocycles. The summed E-state index contributed by atoms with van der Waals surface area (Å²) in [7, 11) is 0. The van der Waals surface area contributed by atoms with Gasteiger partial charge in [-0.3, -0.25) is 4.98 Å². The van der Waals surface area contributed by atoms with Gasteiger partial charge in [-0.15, -0.1) is 0 Å². The second-order valence-corrected chi connectivity index (χ2v) is 4.35. The molecular weight excluding hydrogens is 227 g/mol. The fourth-order valence-corrected chi connectivity index (χ4v) is 2.27. The van der Waals surface area contributed by atoms with Gasteiger partial charge in [0.2, 0.25) is 0 Å². The molecule has 2 nitrogen and oxygen atoms in total. The van der Waals surface area contributed by atoms with Gasteiger partial charge in [-0.1, -0.05) is 37.3 Å². The second kappa shape index (κ2) is 5.74. The molecule has 0 aliphatic rings. The quantitative estimate of drug-likeness (QED) is 0.895. The Bertz CT molecular complexity index is 499. The van der Waals surface area contributed by atoms with Gasteiger partial charge in [0.25, 0.3) is 0 Å². The predicted octanol–water partition coefficient (Wildman–Crippen LogP) is 3.41. The van der Waals surface area contributed by atoms with E-state index in [1.165, 1.54) is 6.20 Å². The summed E-state index contributed by atoms with van der Waals surface area (Å²) in [5.41, 5.74) is 7.89. The zero-order valence-electron chi connectivity index (χ0n) is 10.4. The molecule has 0 bridgehead atoms. The van der Waals surface area contributed by atoms with Crippen LogP contribution in [0.1, 0.15) is 36.4 Å². The van der Waals surface area contributed by atoms with E-state index < -0.39 is 0 Å². The molecule has 2 rings (SSSR count). The minimum absolute atomic E-state index is 0.114. The number of pyridine rings is 1. The summed E-state index contributed by atoms with van der Waals surface area (Å²) < 4.78 is 13.7. The molecular formula is C15H17FN2. The van der Waals surface area contributed by atoms with E-state index in [0.717, 1.165) is 12.0 Å². The molecule has 0 radical (unpaired) electrons. The first-order valence-electron chi connectivity index (χ1n) is 6.14. The van der Waals surface area contributed by atoms with Crippen molar-refractivity contribution < 1.29 is 4.39 Å². The zero-order valence-corrected chi connectivity index (χ0v) is 10.4. The normalized spacial score (nSPS) is 14.2. The minimum atomic E-state index is -0.347. The third kappa shape index (κ3) is 2.57. The molecule has 2 unspecified atom stereocenters. The Balaban J connectivity index is 2.32. The van der Waals surface area contributed by atoms with E-state index in [9.17, 15) is 4.39 Å². The fourth-order valence-electron chi connectivity index (χ4n) is 2.27. The largest absolute Gasteiger partial charge is 0.323 e. The third-order valence-corrected chi connectivity index (χ3v) is 3.26. The SMILES string of the molecule is CCC(c1ccccc1)C(N)c1ccncc1F. The Morgan fingerprint density at radius 2 is 1.94 bits per heavy atom. The summed E-state index contributed by atoms with van der Waals surface area (Å²) >= 11 is 0. The van der Waals surface area contributed by atoms with Crippen molar-refractivity contribution in [3.63, 3.8) is 0 Å². The van der Waals surface area contributed by atoms with Crippen LogP contribution in [-0.4, -0.2) is 4.98 Å². The third-order valence-electron chi connectivity index (χ3n) is 3.26. The number of rotatable bonds is 4. The van der Waals surface area contributed by atoms with E-state index in [0.29, 0.717) is 5.56 Å². The molecule has 0 saturated heterocycles. The molecule has 2 aromatic rings. The van der Waals surface area contributed by atoms with E-state index in [4.69, 9.17) is 5.73 Å². The Hall–Kier alpha value is -1.74. The summed E-state index contributed by atoms with van der Waals surface area (Å²) in [5.74, 6) is -0.220. The molecule has 1 aromatic heterocycles. The predicted molar refractivity (Wildman–Crippen MR) is 70.6 cm³/mol. The van der Waals surface area contributed by atoms with Gasteiger partial charge in [0.05, 0.1) is 6.20 Å². The average molecular weight is 244 g/mol. The maximum absolute atomic E-state index is 13.7. The van der Waals surface area contributed by atoms with Gasteiger partial charge in [-0.05, 0) is 18.1 Å². The van der Waals surface area contributed by atoms with E-state index in [1.807, 2.05) is 30.3 Å². The molecule has 0 spiro atoms. The number of hydrogen-bond acceptors (Lipinski definition) is 2. The summed E-state index contributed by atoms with van der Waals surface area (Å²) in [5, 5.41) is 0. The van der Waals surface area contributed by atoms with Crippen LogP contribution in [0.25, 0.3) is 0 Å². The van der Waals surface area contributed by atoms with Gasteiger partial charge in [0.1, 0.15) is 5.82 Å². The van der Waals surface area contributed by atoms with Crippen molar-refractivity contribution in [3.05, 3.63) is 65.7 Å². The van der Waals surface area contributed by atoms with Crippen molar-refractivity contribution in [2.45, 2.75) is 25.3 Å². The van der Waals surface area contributed by atoms with E-state index in [1.54, 1.807) is 12.3 Å². The summed E-state index contributed by atoms with van der Waals surface area (Å²) in [4.78, 5) is 3.75. The Morgan fingerprint density at radius 1 is 1.22 bits per heavy atom. The maximum Gasteiger partial charge on any atom is 0.146 e. The topological polar surface area (TPSA) is 38.9 Å². The van der Waals surface area contributed by atoms with E-state index in [2.05, 4.69) is 11.9 Å².